The third kappa shape index (κ3) is 3.34. The summed E-state index contributed by atoms with van der Waals surface area (Å²) in [5.74, 6) is 1.35. The van der Waals surface area contributed by atoms with Crippen molar-refractivity contribution in [2.45, 2.75) is 6.10 Å². The predicted octanol–water partition coefficient (Wildman–Crippen LogP) is 1.87. The summed E-state index contributed by atoms with van der Waals surface area (Å²) < 4.78 is 11.2. The molecule has 14 heavy (non-hydrogen) atoms. The van der Waals surface area contributed by atoms with Gasteiger partial charge in [0.15, 0.2) is 11.5 Å². The van der Waals surface area contributed by atoms with Crippen LogP contribution < -0.4 is 9.47 Å². The molecule has 3 nitrogen and oxygen atoms in total. The molecule has 1 aromatic rings. The fourth-order valence-corrected chi connectivity index (χ4v) is 1.22. The van der Waals surface area contributed by atoms with E-state index >= 15 is 0 Å². The Kier molecular flexibility index (Phi) is 5.03. The lowest BCUT2D eigenvalue weighted by Gasteiger charge is -2.12. The average molecular weight is 308 g/mol. The number of halogens is 1. The third-order valence-corrected chi connectivity index (χ3v) is 2.70. The molecule has 0 amide bonds. The summed E-state index contributed by atoms with van der Waals surface area (Å²) in [6.45, 7) is 0.295. The molecule has 4 heteroatoms. The van der Waals surface area contributed by atoms with Gasteiger partial charge in [0, 0.05) is 4.43 Å². The number of benzene rings is 1. The van der Waals surface area contributed by atoms with Gasteiger partial charge in [0.25, 0.3) is 0 Å². The Hall–Kier alpha value is -0.490. The normalized spacial score (nSPS) is 12.2. The number of alkyl halides is 1. The van der Waals surface area contributed by atoms with Gasteiger partial charge in [-0.05, 0) is 12.1 Å². The molecule has 1 rings (SSSR count). The van der Waals surface area contributed by atoms with Gasteiger partial charge in [0.2, 0.25) is 0 Å². The SMILES string of the molecule is COc1ccccc1OCC(O)CI. The Morgan fingerprint density at radius 2 is 2.00 bits per heavy atom. The molecule has 0 aliphatic carbocycles. The van der Waals surface area contributed by atoms with Crippen molar-refractivity contribution >= 4 is 22.6 Å². The molecule has 0 aliphatic heterocycles. The summed E-state index contributed by atoms with van der Waals surface area (Å²) in [5, 5.41) is 9.31. The van der Waals surface area contributed by atoms with Crippen LogP contribution in [0.5, 0.6) is 11.5 Å². The highest BCUT2D eigenvalue weighted by atomic mass is 127. The minimum atomic E-state index is -0.430. The van der Waals surface area contributed by atoms with Gasteiger partial charge in [-0.2, -0.15) is 0 Å². The average Bonchev–Trinajstić information content (AvgIpc) is 2.26. The number of hydrogen-bond donors (Lipinski definition) is 1. The summed E-state index contributed by atoms with van der Waals surface area (Å²) in [5.41, 5.74) is 0. The molecule has 0 heterocycles. The van der Waals surface area contributed by atoms with E-state index < -0.39 is 6.10 Å². The van der Waals surface area contributed by atoms with Crippen LogP contribution in [0, 0.1) is 0 Å². The third-order valence-electron chi connectivity index (χ3n) is 1.68. The lowest BCUT2D eigenvalue weighted by molar-refractivity contribution is 0.126. The quantitative estimate of drug-likeness (QED) is 0.667. The van der Waals surface area contributed by atoms with Crippen LogP contribution in [0.15, 0.2) is 24.3 Å². The molecular formula is C10H13IO3. The minimum Gasteiger partial charge on any atom is -0.493 e. The smallest absolute Gasteiger partial charge is 0.161 e. The molecule has 0 saturated carbocycles. The zero-order chi connectivity index (χ0) is 10.4. The van der Waals surface area contributed by atoms with Gasteiger partial charge in [0.05, 0.1) is 13.2 Å². The first-order chi connectivity index (χ1) is 6.77. The van der Waals surface area contributed by atoms with E-state index in [0.717, 1.165) is 0 Å². The van der Waals surface area contributed by atoms with Gasteiger partial charge < -0.3 is 14.6 Å². The predicted molar refractivity (Wildman–Crippen MR) is 63.4 cm³/mol. The number of aliphatic hydroxyl groups is 1. The topological polar surface area (TPSA) is 38.7 Å². The zero-order valence-electron chi connectivity index (χ0n) is 7.94. The van der Waals surface area contributed by atoms with Gasteiger partial charge in [-0.15, -0.1) is 0 Å². The van der Waals surface area contributed by atoms with E-state index in [1.165, 1.54) is 0 Å². The van der Waals surface area contributed by atoms with Crippen LogP contribution >= 0.6 is 22.6 Å². The van der Waals surface area contributed by atoms with Crippen molar-refractivity contribution in [3.8, 4) is 11.5 Å². The monoisotopic (exact) mass is 308 g/mol. The summed E-state index contributed by atoms with van der Waals surface area (Å²) in [4.78, 5) is 0. The van der Waals surface area contributed by atoms with Crippen LogP contribution in [-0.2, 0) is 0 Å². The molecule has 1 N–H and O–H groups in total. The fraction of sp³-hybridized carbons (Fsp3) is 0.400. The lowest BCUT2D eigenvalue weighted by atomic mass is 10.3. The van der Waals surface area contributed by atoms with Crippen molar-refractivity contribution < 1.29 is 14.6 Å². The molecule has 0 saturated heterocycles. The van der Waals surface area contributed by atoms with E-state index in [2.05, 4.69) is 22.6 Å². The van der Waals surface area contributed by atoms with E-state index in [0.29, 0.717) is 22.5 Å². The van der Waals surface area contributed by atoms with Crippen molar-refractivity contribution in [1.29, 1.82) is 0 Å². The first-order valence-electron chi connectivity index (χ1n) is 4.27. The number of hydrogen-bond acceptors (Lipinski definition) is 3. The zero-order valence-corrected chi connectivity index (χ0v) is 10.1. The lowest BCUT2D eigenvalue weighted by Crippen LogP contribution is -2.18. The maximum atomic E-state index is 9.31. The van der Waals surface area contributed by atoms with Crippen LogP contribution in [0.4, 0.5) is 0 Å². The summed E-state index contributed by atoms with van der Waals surface area (Å²) >= 11 is 2.11. The molecule has 0 aromatic heterocycles. The highest BCUT2D eigenvalue weighted by Crippen LogP contribution is 2.25. The molecular weight excluding hydrogens is 295 g/mol. The molecule has 0 aliphatic rings. The summed E-state index contributed by atoms with van der Waals surface area (Å²) in [6, 6.07) is 7.39. The van der Waals surface area contributed by atoms with Crippen LogP contribution in [0.1, 0.15) is 0 Å². The number of methoxy groups -OCH3 is 1. The Labute approximate surface area is 97.2 Å². The highest BCUT2D eigenvalue weighted by molar-refractivity contribution is 14.1. The standard InChI is InChI=1S/C10H13IO3/c1-13-9-4-2-3-5-10(9)14-7-8(12)6-11/h2-5,8,12H,6-7H2,1H3. The summed E-state index contributed by atoms with van der Waals surface area (Å²) in [7, 11) is 1.59. The van der Waals surface area contributed by atoms with Gasteiger partial charge >= 0.3 is 0 Å². The van der Waals surface area contributed by atoms with Crippen LogP contribution in [0.2, 0.25) is 0 Å². The first-order valence-corrected chi connectivity index (χ1v) is 5.80. The fourth-order valence-electron chi connectivity index (χ4n) is 0.969. The second-order valence-corrected chi connectivity index (χ2v) is 3.65. The van der Waals surface area contributed by atoms with Gasteiger partial charge in [0.1, 0.15) is 6.61 Å². The van der Waals surface area contributed by atoms with Crippen LogP contribution in [0.3, 0.4) is 0 Å². The molecule has 78 valence electrons. The first kappa shape index (κ1) is 11.6. The Bertz CT molecular complexity index is 278. The number of aliphatic hydroxyl groups excluding tert-OH is 1. The molecule has 1 atom stereocenters. The molecule has 0 fully saturated rings. The Morgan fingerprint density at radius 1 is 1.36 bits per heavy atom. The molecule has 0 radical (unpaired) electrons. The van der Waals surface area contributed by atoms with Gasteiger partial charge in [-0.1, -0.05) is 34.7 Å². The molecule has 0 bridgehead atoms. The largest absolute Gasteiger partial charge is 0.493 e. The van der Waals surface area contributed by atoms with E-state index in [1.807, 2.05) is 24.3 Å². The van der Waals surface area contributed by atoms with Gasteiger partial charge in [-0.25, -0.2) is 0 Å². The van der Waals surface area contributed by atoms with E-state index in [-0.39, 0.29) is 0 Å². The minimum absolute atomic E-state index is 0.295. The highest BCUT2D eigenvalue weighted by Gasteiger charge is 2.06. The number of rotatable bonds is 5. The second kappa shape index (κ2) is 6.08. The second-order valence-electron chi connectivity index (χ2n) is 2.77. The maximum absolute atomic E-state index is 9.31. The van der Waals surface area contributed by atoms with Crippen LogP contribution in [0.25, 0.3) is 0 Å². The number of para-hydroxylation sites is 2. The van der Waals surface area contributed by atoms with Crippen molar-refractivity contribution in [2.75, 3.05) is 18.1 Å². The van der Waals surface area contributed by atoms with E-state index in [9.17, 15) is 5.11 Å². The maximum Gasteiger partial charge on any atom is 0.161 e. The molecule has 0 spiro atoms. The van der Waals surface area contributed by atoms with Crippen LogP contribution in [-0.4, -0.2) is 29.4 Å². The molecule has 1 unspecified atom stereocenters. The summed E-state index contributed by atoms with van der Waals surface area (Å²) in [6.07, 6.45) is -0.430. The van der Waals surface area contributed by atoms with Crippen molar-refractivity contribution in [3.05, 3.63) is 24.3 Å². The van der Waals surface area contributed by atoms with Crippen molar-refractivity contribution in [3.63, 3.8) is 0 Å². The van der Waals surface area contributed by atoms with Gasteiger partial charge in [-0.3, -0.25) is 0 Å². The molecule has 1 aromatic carbocycles. The Morgan fingerprint density at radius 3 is 2.57 bits per heavy atom. The number of ether oxygens (including phenoxy) is 2. The van der Waals surface area contributed by atoms with E-state index in [1.54, 1.807) is 7.11 Å². The van der Waals surface area contributed by atoms with Crippen molar-refractivity contribution in [1.82, 2.24) is 0 Å². The van der Waals surface area contributed by atoms with Crippen molar-refractivity contribution in [2.24, 2.45) is 0 Å². The Balaban J connectivity index is 2.57. The van der Waals surface area contributed by atoms with E-state index in [4.69, 9.17) is 9.47 Å².